The van der Waals surface area contributed by atoms with Crippen molar-refractivity contribution < 1.29 is 23.9 Å². The number of hydrogen-bond donors (Lipinski definition) is 2. The van der Waals surface area contributed by atoms with Crippen LogP contribution in [0.15, 0.2) is 53.6 Å². The van der Waals surface area contributed by atoms with Gasteiger partial charge < -0.3 is 14.8 Å². The third-order valence-electron chi connectivity index (χ3n) is 4.18. The first-order valence-corrected chi connectivity index (χ1v) is 9.10. The van der Waals surface area contributed by atoms with Crippen LogP contribution in [-0.2, 0) is 20.9 Å². The van der Waals surface area contributed by atoms with Crippen LogP contribution in [0.25, 0.3) is 0 Å². The lowest BCUT2D eigenvalue weighted by Gasteiger charge is -2.09. The van der Waals surface area contributed by atoms with Crippen molar-refractivity contribution in [1.29, 1.82) is 0 Å². The minimum atomic E-state index is -0.808. The van der Waals surface area contributed by atoms with Crippen molar-refractivity contribution in [2.75, 3.05) is 7.11 Å². The van der Waals surface area contributed by atoms with E-state index in [1.807, 2.05) is 6.07 Å². The summed E-state index contributed by atoms with van der Waals surface area (Å²) in [5.41, 5.74) is 4.18. The number of methoxy groups -OCH3 is 1. The number of amides is 2. The molecular weight excluding hydrogens is 374 g/mol. The number of nitrogens with zero attached hydrogens (tertiary/aromatic N) is 1. The summed E-state index contributed by atoms with van der Waals surface area (Å²) in [5.74, 6) is -1.33. The molecule has 1 fully saturated rings. The van der Waals surface area contributed by atoms with Crippen LogP contribution in [-0.4, -0.2) is 37.1 Å². The van der Waals surface area contributed by atoms with Gasteiger partial charge in [0, 0.05) is 11.6 Å². The topological polar surface area (TPSA) is 106 Å². The van der Waals surface area contributed by atoms with E-state index in [0.717, 1.165) is 18.4 Å². The quantitative estimate of drug-likeness (QED) is 0.322. The largest absolute Gasteiger partial charge is 0.488 e. The van der Waals surface area contributed by atoms with Crippen molar-refractivity contribution in [3.63, 3.8) is 0 Å². The molecule has 0 radical (unpaired) electrons. The number of rotatable bonds is 7. The van der Waals surface area contributed by atoms with Gasteiger partial charge in [-0.1, -0.05) is 24.3 Å². The molecule has 3 rings (SSSR count). The third-order valence-corrected chi connectivity index (χ3v) is 4.18. The number of para-hydroxylation sites is 1. The standard InChI is InChI=1S/C21H21N3O5/c1-28-21(27)15-8-6-14(7-9-15)13-29-18-5-3-2-4-16(18)12-22-24-20(26)19(25)23-17-10-11-17/h2-9,12,17H,10-11,13H2,1H3,(H,23,25)(H,24,26)/b22-12-. The van der Waals surface area contributed by atoms with Crippen molar-refractivity contribution in [1.82, 2.24) is 10.7 Å². The van der Waals surface area contributed by atoms with Crippen molar-refractivity contribution >= 4 is 24.0 Å². The summed E-state index contributed by atoms with van der Waals surface area (Å²) in [6, 6.07) is 14.2. The van der Waals surface area contributed by atoms with E-state index in [1.165, 1.54) is 13.3 Å². The molecule has 1 aliphatic rings. The van der Waals surface area contributed by atoms with Gasteiger partial charge in [0.15, 0.2) is 0 Å². The molecule has 1 aliphatic carbocycles. The number of benzene rings is 2. The second kappa shape index (κ2) is 9.50. The van der Waals surface area contributed by atoms with Crippen molar-refractivity contribution in [3.05, 3.63) is 65.2 Å². The lowest BCUT2D eigenvalue weighted by Crippen LogP contribution is -2.38. The van der Waals surface area contributed by atoms with Crippen molar-refractivity contribution in [2.45, 2.75) is 25.5 Å². The molecule has 2 aromatic carbocycles. The Morgan fingerprint density at radius 1 is 1.07 bits per heavy atom. The fourth-order valence-corrected chi connectivity index (χ4v) is 2.42. The highest BCUT2D eigenvalue weighted by molar-refractivity contribution is 6.35. The summed E-state index contributed by atoms with van der Waals surface area (Å²) in [7, 11) is 1.33. The molecule has 0 saturated heterocycles. The Bertz CT molecular complexity index is 920. The van der Waals surface area contributed by atoms with Gasteiger partial charge in [-0.15, -0.1) is 0 Å². The van der Waals surface area contributed by atoms with Gasteiger partial charge in [-0.25, -0.2) is 10.2 Å². The van der Waals surface area contributed by atoms with Crippen LogP contribution in [0.3, 0.4) is 0 Å². The molecule has 150 valence electrons. The Hall–Kier alpha value is -3.68. The maximum Gasteiger partial charge on any atom is 0.337 e. The molecule has 0 heterocycles. The molecule has 0 atom stereocenters. The van der Waals surface area contributed by atoms with Gasteiger partial charge in [0.05, 0.1) is 18.9 Å². The summed E-state index contributed by atoms with van der Waals surface area (Å²) >= 11 is 0. The zero-order valence-electron chi connectivity index (χ0n) is 15.9. The van der Waals surface area contributed by atoms with Gasteiger partial charge in [0.1, 0.15) is 12.4 Å². The monoisotopic (exact) mass is 395 g/mol. The first-order valence-electron chi connectivity index (χ1n) is 9.10. The van der Waals surface area contributed by atoms with Crippen LogP contribution in [0, 0.1) is 0 Å². The summed E-state index contributed by atoms with van der Waals surface area (Å²) in [4.78, 5) is 34.8. The van der Waals surface area contributed by atoms with Gasteiger partial charge in [0.2, 0.25) is 0 Å². The van der Waals surface area contributed by atoms with E-state index in [9.17, 15) is 14.4 Å². The van der Waals surface area contributed by atoms with Gasteiger partial charge in [-0.3, -0.25) is 9.59 Å². The van der Waals surface area contributed by atoms with Crippen LogP contribution in [0.2, 0.25) is 0 Å². The molecule has 0 spiro atoms. The Balaban J connectivity index is 1.56. The average Bonchev–Trinajstić information content (AvgIpc) is 3.56. The van der Waals surface area contributed by atoms with E-state index in [4.69, 9.17) is 4.74 Å². The zero-order chi connectivity index (χ0) is 20.6. The first kappa shape index (κ1) is 20.1. The zero-order valence-corrected chi connectivity index (χ0v) is 15.9. The van der Waals surface area contributed by atoms with Gasteiger partial charge in [0.25, 0.3) is 0 Å². The number of nitrogens with one attached hydrogen (secondary N) is 2. The van der Waals surface area contributed by atoms with Crippen LogP contribution in [0.5, 0.6) is 5.75 Å². The molecule has 8 heteroatoms. The second-order valence-corrected chi connectivity index (χ2v) is 6.46. The van der Waals surface area contributed by atoms with Crippen molar-refractivity contribution in [3.8, 4) is 5.75 Å². The van der Waals surface area contributed by atoms with E-state index in [2.05, 4.69) is 20.6 Å². The normalized spacial score (nSPS) is 13.0. The van der Waals surface area contributed by atoms with Crippen LogP contribution < -0.4 is 15.5 Å². The lowest BCUT2D eigenvalue weighted by atomic mass is 10.1. The Morgan fingerprint density at radius 3 is 2.48 bits per heavy atom. The van der Waals surface area contributed by atoms with E-state index in [1.54, 1.807) is 42.5 Å². The van der Waals surface area contributed by atoms with Crippen LogP contribution in [0.1, 0.15) is 34.3 Å². The van der Waals surface area contributed by atoms with Gasteiger partial charge >= 0.3 is 17.8 Å². The fraction of sp³-hybridized carbons (Fsp3) is 0.238. The van der Waals surface area contributed by atoms with Crippen molar-refractivity contribution in [2.24, 2.45) is 5.10 Å². The molecule has 0 aliphatic heterocycles. The van der Waals surface area contributed by atoms with E-state index < -0.39 is 17.8 Å². The molecule has 2 amide bonds. The molecule has 0 bridgehead atoms. The number of carbonyl (C=O) groups excluding carboxylic acids is 3. The highest BCUT2D eigenvalue weighted by Crippen LogP contribution is 2.19. The first-order chi connectivity index (χ1) is 14.1. The summed E-state index contributed by atoms with van der Waals surface area (Å²) in [6.45, 7) is 0.280. The highest BCUT2D eigenvalue weighted by atomic mass is 16.5. The number of ether oxygens (including phenoxy) is 2. The number of esters is 1. The van der Waals surface area contributed by atoms with Crippen LogP contribution >= 0.6 is 0 Å². The third kappa shape index (κ3) is 5.90. The van der Waals surface area contributed by atoms with E-state index >= 15 is 0 Å². The van der Waals surface area contributed by atoms with E-state index in [0.29, 0.717) is 16.9 Å². The number of hydrogen-bond acceptors (Lipinski definition) is 6. The highest BCUT2D eigenvalue weighted by Gasteiger charge is 2.26. The second-order valence-electron chi connectivity index (χ2n) is 6.46. The fourth-order valence-electron chi connectivity index (χ4n) is 2.42. The summed E-state index contributed by atoms with van der Waals surface area (Å²) in [6.07, 6.45) is 3.22. The average molecular weight is 395 g/mol. The summed E-state index contributed by atoms with van der Waals surface area (Å²) in [5, 5.41) is 6.42. The molecule has 0 unspecified atom stereocenters. The molecular formula is C21H21N3O5. The van der Waals surface area contributed by atoms with Gasteiger partial charge in [-0.2, -0.15) is 5.10 Å². The maximum absolute atomic E-state index is 11.7. The Labute approximate surface area is 167 Å². The molecule has 8 nitrogen and oxygen atoms in total. The smallest absolute Gasteiger partial charge is 0.337 e. The Kier molecular flexibility index (Phi) is 6.57. The van der Waals surface area contributed by atoms with Gasteiger partial charge in [-0.05, 0) is 42.7 Å². The molecule has 29 heavy (non-hydrogen) atoms. The Morgan fingerprint density at radius 2 is 1.79 bits per heavy atom. The number of hydrazone groups is 1. The SMILES string of the molecule is COC(=O)c1ccc(COc2ccccc2/C=N\NC(=O)C(=O)NC2CC2)cc1. The lowest BCUT2D eigenvalue weighted by molar-refractivity contribution is -0.139. The minimum Gasteiger partial charge on any atom is -0.488 e. The molecule has 2 N–H and O–H groups in total. The minimum absolute atomic E-state index is 0.105. The predicted molar refractivity (Wildman–Crippen MR) is 105 cm³/mol. The van der Waals surface area contributed by atoms with Crippen LogP contribution in [0.4, 0.5) is 0 Å². The number of carbonyl (C=O) groups is 3. The molecule has 2 aromatic rings. The maximum atomic E-state index is 11.7. The molecule has 0 aromatic heterocycles. The summed E-state index contributed by atoms with van der Waals surface area (Å²) < 4.78 is 10.5. The molecule has 1 saturated carbocycles. The van der Waals surface area contributed by atoms with E-state index in [-0.39, 0.29) is 12.6 Å². The predicted octanol–water partition coefficient (Wildman–Crippen LogP) is 1.78.